The molecule has 2 aliphatic carbocycles. The summed E-state index contributed by atoms with van der Waals surface area (Å²) in [5.74, 6) is 0. The Kier molecular flexibility index (Phi) is 11.9. The molecule has 4 heterocycles. The molecule has 0 saturated heterocycles. The fraction of sp³-hybridized carbons (Fsp3) is 0.400. The third-order valence-corrected chi connectivity index (χ3v) is 22.2. The average molecular weight is 1100 g/mol. The Balaban J connectivity index is 1.19. The quantitative estimate of drug-likeness (QED) is 0.163. The standard InChI is InChI=1S/C80H90BN3/c1-73(2,3)52-31-34-65(56(41-52)50-27-21-18-22-28-50)82-67-36-33-55-45-63(67)81-64-47-60-59(77(13,14)39-40-78(60,15)61-49-68-62(46-58(61)76(10,11)12)79(16)37-25-20-26-38-80(79,17)84(55)68)48-69(64)83(71-44-54(75(7,8)9)43-70(82)72(71)81)66-35-32-53(74(4,5)6)42-57(66)51-29-23-19-24-30-51/h18-19,21-24,27-36,41-49H,20,25-26,37-40H2,1-17H3. The number of anilines is 8. The number of hydrogen-bond acceptors (Lipinski definition) is 3. The molecule has 8 aromatic carbocycles. The summed E-state index contributed by atoms with van der Waals surface area (Å²) in [5.41, 5.74) is 30.1. The van der Waals surface area contributed by atoms with Gasteiger partial charge in [-0.05, 0) is 198 Å². The molecule has 0 radical (unpaired) electrons. The van der Waals surface area contributed by atoms with Crippen molar-refractivity contribution >= 4 is 68.6 Å². The van der Waals surface area contributed by atoms with Gasteiger partial charge in [0.2, 0.25) is 0 Å². The third kappa shape index (κ3) is 7.96. The highest BCUT2D eigenvalue weighted by Crippen LogP contribution is 2.64. The van der Waals surface area contributed by atoms with E-state index in [-0.39, 0.29) is 50.2 Å². The lowest BCUT2D eigenvalue weighted by Gasteiger charge is -2.50. The van der Waals surface area contributed by atoms with Crippen molar-refractivity contribution in [2.45, 2.75) is 206 Å². The van der Waals surface area contributed by atoms with Crippen molar-refractivity contribution in [2.24, 2.45) is 0 Å². The second kappa shape index (κ2) is 18.1. The van der Waals surface area contributed by atoms with E-state index in [1.807, 2.05) is 0 Å². The van der Waals surface area contributed by atoms with Crippen molar-refractivity contribution in [2.75, 3.05) is 14.7 Å². The van der Waals surface area contributed by atoms with Crippen LogP contribution < -0.4 is 31.1 Å². The summed E-state index contributed by atoms with van der Waals surface area (Å²) in [5, 5.41) is 0. The Morgan fingerprint density at radius 3 is 1.46 bits per heavy atom. The van der Waals surface area contributed by atoms with Gasteiger partial charge in [0.15, 0.2) is 0 Å². The molecule has 1 fully saturated rings. The number of rotatable bonds is 4. The molecule has 3 unspecified atom stereocenters. The molecule has 4 heteroatoms. The number of benzene rings is 8. The van der Waals surface area contributed by atoms with Gasteiger partial charge in [-0.3, -0.25) is 0 Å². The first-order valence-corrected chi connectivity index (χ1v) is 32.0. The molecule has 14 rings (SSSR count). The van der Waals surface area contributed by atoms with Gasteiger partial charge in [-0.15, -0.1) is 0 Å². The fourth-order valence-electron chi connectivity index (χ4n) is 16.8. The lowest BCUT2D eigenvalue weighted by molar-refractivity contribution is 0.261. The van der Waals surface area contributed by atoms with Gasteiger partial charge < -0.3 is 14.7 Å². The SMILES string of the molecule is CC(C)(C)c1ccc(N2c3ccc4cc3B3c5cc6c(cc5N(c5ccc(C(C)(C)C)cc5-c5ccccc5)c5cc(C(C)(C)C)cc2c53)C(C)(C)CCC6(C)c2cc3c(cc2C(C)(C)C)C2(C)CCCCCC2(C)N43)c(-c2ccccc2)c1. The van der Waals surface area contributed by atoms with Gasteiger partial charge in [0, 0.05) is 56.1 Å². The molecule has 84 heavy (non-hydrogen) atoms. The Morgan fingerprint density at radius 1 is 0.381 bits per heavy atom. The normalized spacial score (nSPS) is 21.9. The molecule has 0 amide bonds. The van der Waals surface area contributed by atoms with E-state index in [9.17, 15) is 0 Å². The van der Waals surface area contributed by atoms with Crippen molar-refractivity contribution in [3.05, 3.63) is 196 Å². The van der Waals surface area contributed by atoms with Crippen molar-refractivity contribution < 1.29 is 0 Å². The van der Waals surface area contributed by atoms with E-state index in [2.05, 4.69) is 284 Å². The van der Waals surface area contributed by atoms with Crippen molar-refractivity contribution in [3.63, 3.8) is 0 Å². The highest BCUT2D eigenvalue weighted by atomic mass is 15.3. The van der Waals surface area contributed by atoms with Crippen molar-refractivity contribution in [1.82, 2.24) is 0 Å². The van der Waals surface area contributed by atoms with Crippen LogP contribution >= 0.6 is 0 Å². The van der Waals surface area contributed by atoms with Crippen LogP contribution in [0.15, 0.2) is 152 Å². The largest absolute Gasteiger partial charge is 0.334 e. The lowest BCUT2D eigenvalue weighted by Crippen LogP contribution is -2.62. The van der Waals surface area contributed by atoms with Crippen LogP contribution in [-0.2, 0) is 37.9 Å². The van der Waals surface area contributed by atoms with Crippen LogP contribution in [0.4, 0.5) is 45.5 Å². The predicted molar refractivity (Wildman–Crippen MR) is 362 cm³/mol. The molecule has 0 aromatic heterocycles. The minimum Gasteiger partial charge on any atom is -0.334 e. The minimum absolute atomic E-state index is 0.0439. The van der Waals surface area contributed by atoms with Gasteiger partial charge in [-0.1, -0.05) is 215 Å². The fourth-order valence-corrected chi connectivity index (χ4v) is 16.8. The summed E-state index contributed by atoms with van der Waals surface area (Å²) in [6.07, 6.45) is 8.29. The Morgan fingerprint density at radius 2 is 0.905 bits per heavy atom. The van der Waals surface area contributed by atoms with Gasteiger partial charge in [0.1, 0.15) is 0 Å². The van der Waals surface area contributed by atoms with Gasteiger partial charge in [0.05, 0.1) is 16.9 Å². The number of fused-ring (bicyclic) bond motifs is 7. The molecule has 8 aromatic rings. The zero-order chi connectivity index (χ0) is 59.2. The van der Waals surface area contributed by atoms with Gasteiger partial charge >= 0.3 is 0 Å². The van der Waals surface area contributed by atoms with Crippen LogP contribution in [0.2, 0.25) is 0 Å². The zero-order valence-corrected chi connectivity index (χ0v) is 53.8. The molecular weight excluding hydrogens is 1010 g/mol. The first-order chi connectivity index (χ1) is 39.5. The van der Waals surface area contributed by atoms with Gasteiger partial charge in [0.25, 0.3) is 6.71 Å². The summed E-state index contributed by atoms with van der Waals surface area (Å²) in [6, 6.07) is 61.5. The van der Waals surface area contributed by atoms with Crippen LogP contribution in [-0.4, -0.2) is 12.3 Å². The van der Waals surface area contributed by atoms with E-state index >= 15 is 0 Å². The van der Waals surface area contributed by atoms with Crippen LogP contribution in [0, 0.1) is 0 Å². The van der Waals surface area contributed by atoms with Crippen LogP contribution in [0.5, 0.6) is 0 Å². The monoisotopic (exact) mass is 1100 g/mol. The second-order valence-corrected chi connectivity index (χ2v) is 32.1. The summed E-state index contributed by atoms with van der Waals surface area (Å²) in [7, 11) is 0. The molecular formula is C80H90BN3. The third-order valence-electron chi connectivity index (χ3n) is 22.2. The minimum atomic E-state index is -0.265. The van der Waals surface area contributed by atoms with Crippen LogP contribution in [0.1, 0.15) is 207 Å². The summed E-state index contributed by atoms with van der Waals surface area (Å²) in [6.45, 7) is 41.9. The molecule has 3 atom stereocenters. The summed E-state index contributed by atoms with van der Waals surface area (Å²) in [4.78, 5) is 8.42. The molecule has 6 bridgehead atoms. The molecule has 3 nitrogen and oxygen atoms in total. The Labute approximate surface area is 505 Å². The van der Waals surface area contributed by atoms with E-state index in [0.717, 1.165) is 19.3 Å². The second-order valence-electron chi connectivity index (χ2n) is 32.1. The van der Waals surface area contributed by atoms with Crippen LogP contribution in [0.3, 0.4) is 0 Å². The van der Waals surface area contributed by atoms with Gasteiger partial charge in [-0.2, -0.15) is 0 Å². The van der Waals surface area contributed by atoms with E-state index in [0.29, 0.717) is 0 Å². The number of nitrogens with zero attached hydrogens (tertiary/aromatic N) is 3. The molecule has 1 saturated carbocycles. The summed E-state index contributed by atoms with van der Waals surface area (Å²) < 4.78 is 0. The van der Waals surface area contributed by atoms with Crippen molar-refractivity contribution in [3.8, 4) is 22.3 Å². The zero-order valence-electron chi connectivity index (χ0n) is 53.8. The van der Waals surface area contributed by atoms with E-state index in [1.165, 1.54) is 149 Å². The summed E-state index contributed by atoms with van der Waals surface area (Å²) >= 11 is 0. The maximum Gasteiger partial charge on any atom is 0.252 e. The van der Waals surface area contributed by atoms with E-state index < -0.39 is 0 Å². The highest BCUT2D eigenvalue weighted by Gasteiger charge is 2.59. The molecule has 0 N–H and O–H groups in total. The van der Waals surface area contributed by atoms with Crippen molar-refractivity contribution in [1.29, 1.82) is 0 Å². The maximum atomic E-state index is 2.92. The van der Waals surface area contributed by atoms with E-state index in [4.69, 9.17) is 0 Å². The smallest absolute Gasteiger partial charge is 0.252 e. The van der Waals surface area contributed by atoms with Crippen LogP contribution in [0.25, 0.3) is 22.3 Å². The molecule has 0 spiro atoms. The first-order valence-electron chi connectivity index (χ1n) is 32.0. The first kappa shape index (κ1) is 55.1. The highest BCUT2D eigenvalue weighted by molar-refractivity contribution is 7.00. The average Bonchev–Trinajstić information content (AvgIpc) is 1.12. The topological polar surface area (TPSA) is 9.72 Å². The molecule has 4 aliphatic heterocycles. The Hall–Kier alpha value is -6.78. The molecule has 428 valence electrons. The van der Waals surface area contributed by atoms with Gasteiger partial charge in [-0.25, -0.2) is 0 Å². The Bertz CT molecular complexity index is 4020. The molecule has 6 aliphatic rings. The number of hydrogen-bond donors (Lipinski definition) is 0. The van der Waals surface area contributed by atoms with E-state index in [1.54, 1.807) is 5.56 Å². The predicted octanol–water partition coefficient (Wildman–Crippen LogP) is 20.1. The maximum absolute atomic E-state index is 2.92. The lowest BCUT2D eigenvalue weighted by atomic mass is 9.33.